The van der Waals surface area contributed by atoms with Crippen molar-refractivity contribution in [3.8, 4) is 23.0 Å². The molecule has 0 N–H and O–H groups in total. The van der Waals surface area contributed by atoms with E-state index >= 15 is 0 Å². The summed E-state index contributed by atoms with van der Waals surface area (Å²) in [5.74, 6) is 1.99. The molecule has 0 aliphatic rings. The highest BCUT2D eigenvalue weighted by Gasteiger charge is 2.15. The Hall–Kier alpha value is -2.69. The van der Waals surface area contributed by atoms with Crippen molar-refractivity contribution in [3.63, 3.8) is 0 Å². The summed E-state index contributed by atoms with van der Waals surface area (Å²) < 4.78 is 21.1. The van der Waals surface area contributed by atoms with Crippen molar-refractivity contribution >= 4 is 5.78 Å². The van der Waals surface area contributed by atoms with Crippen molar-refractivity contribution in [1.82, 2.24) is 0 Å². The van der Waals surface area contributed by atoms with Gasteiger partial charge in [0.1, 0.15) is 11.5 Å². The van der Waals surface area contributed by atoms with Gasteiger partial charge < -0.3 is 18.9 Å². The molecule has 0 saturated carbocycles. The SMILES string of the molecule is COc1ccc(C(=O)COc2ccccc2OC)c(OC)c1. The van der Waals surface area contributed by atoms with E-state index in [0.717, 1.165) is 0 Å². The van der Waals surface area contributed by atoms with Gasteiger partial charge in [-0.15, -0.1) is 0 Å². The Kier molecular flexibility index (Phi) is 5.25. The van der Waals surface area contributed by atoms with Crippen LogP contribution in [-0.4, -0.2) is 33.7 Å². The van der Waals surface area contributed by atoms with Crippen molar-refractivity contribution in [2.75, 3.05) is 27.9 Å². The summed E-state index contributed by atoms with van der Waals surface area (Å²) in [6, 6.07) is 12.2. The average molecular weight is 302 g/mol. The molecule has 116 valence electrons. The second kappa shape index (κ2) is 7.36. The fraction of sp³-hybridized carbons (Fsp3) is 0.235. The van der Waals surface area contributed by atoms with Crippen molar-refractivity contribution in [1.29, 1.82) is 0 Å². The predicted octanol–water partition coefficient (Wildman–Crippen LogP) is 2.97. The molecule has 0 aliphatic carbocycles. The normalized spacial score (nSPS) is 9.95. The standard InChI is InChI=1S/C17H18O5/c1-19-12-8-9-13(17(10-12)21-3)14(18)11-22-16-7-5-4-6-15(16)20-2/h4-10H,11H2,1-3H3. The third-order valence-electron chi connectivity index (χ3n) is 3.14. The molecule has 0 fully saturated rings. The van der Waals surface area contributed by atoms with E-state index < -0.39 is 0 Å². The number of carbonyl (C=O) groups excluding carboxylic acids is 1. The molecule has 22 heavy (non-hydrogen) atoms. The highest BCUT2D eigenvalue weighted by atomic mass is 16.5. The van der Waals surface area contributed by atoms with Crippen LogP contribution in [0.5, 0.6) is 23.0 Å². The lowest BCUT2D eigenvalue weighted by molar-refractivity contribution is 0.0916. The molecule has 0 atom stereocenters. The predicted molar refractivity (Wildman–Crippen MR) is 82.4 cm³/mol. The van der Waals surface area contributed by atoms with Crippen LogP contribution in [0.15, 0.2) is 42.5 Å². The van der Waals surface area contributed by atoms with Gasteiger partial charge in [-0.05, 0) is 24.3 Å². The zero-order chi connectivity index (χ0) is 15.9. The van der Waals surface area contributed by atoms with E-state index in [4.69, 9.17) is 18.9 Å². The maximum absolute atomic E-state index is 12.3. The van der Waals surface area contributed by atoms with Crippen molar-refractivity contribution in [2.45, 2.75) is 0 Å². The van der Waals surface area contributed by atoms with Crippen LogP contribution in [0.25, 0.3) is 0 Å². The highest BCUT2D eigenvalue weighted by Crippen LogP contribution is 2.27. The molecule has 0 unspecified atom stereocenters. The van der Waals surface area contributed by atoms with E-state index in [1.165, 1.54) is 7.11 Å². The molecule has 0 aliphatic heterocycles. The van der Waals surface area contributed by atoms with Gasteiger partial charge >= 0.3 is 0 Å². The first-order valence-corrected chi connectivity index (χ1v) is 6.70. The second-order valence-corrected chi connectivity index (χ2v) is 4.43. The van der Waals surface area contributed by atoms with Crippen LogP contribution in [0.3, 0.4) is 0 Å². The first-order chi connectivity index (χ1) is 10.7. The molecule has 2 aromatic carbocycles. The van der Waals surface area contributed by atoms with E-state index in [0.29, 0.717) is 28.6 Å². The Morgan fingerprint density at radius 3 is 2.18 bits per heavy atom. The third-order valence-corrected chi connectivity index (χ3v) is 3.14. The zero-order valence-electron chi connectivity index (χ0n) is 12.8. The largest absolute Gasteiger partial charge is 0.497 e. The zero-order valence-corrected chi connectivity index (χ0v) is 12.8. The van der Waals surface area contributed by atoms with Gasteiger partial charge in [-0.25, -0.2) is 0 Å². The number of carbonyl (C=O) groups is 1. The molecule has 0 spiro atoms. The molecule has 0 amide bonds. The van der Waals surface area contributed by atoms with Crippen molar-refractivity contribution < 1.29 is 23.7 Å². The lowest BCUT2D eigenvalue weighted by Crippen LogP contribution is -2.13. The smallest absolute Gasteiger partial charge is 0.203 e. The maximum Gasteiger partial charge on any atom is 0.203 e. The minimum Gasteiger partial charge on any atom is -0.497 e. The Bertz CT molecular complexity index is 651. The van der Waals surface area contributed by atoms with Gasteiger partial charge in [0.05, 0.1) is 26.9 Å². The summed E-state index contributed by atoms with van der Waals surface area (Å²) in [6.45, 7) is -0.108. The van der Waals surface area contributed by atoms with E-state index in [1.54, 1.807) is 44.6 Å². The minimum absolute atomic E-state index is 0.108. The summed E-state index contributed by atoms with van der Waals surface area (Å²) in [7, 11) is 4.62. The number of hydrogen-bond acceptors (Lipinski definition) is 5. The van der Waals surface area contributed by atoms with Crippen molar-refractivity contribution in [2.24, 2.45) is 0 Å². The van der Waals surface area contributed by atoms with Gasteiger partial charge in [0, 0.05) is 6.07 Å². The van der Waals surface area contributed by atoms with Crippen LogP contribution < -0.4 is 18.9 Å². The Morgan fingerprint density at radius 1 is 0.864 bits per heavy atom. The summed E-state index contributed by atoms with van der Waals surface area (Å²) in [5.41, 5.74) is 0.443. The molecule has 0 heterocycles. The number of ketones is 1. The number of benzene rings is 2. The lowest BCUT2D eigenvalue weighted by Gasteiger charge is -2.12. The monoisotopic (exact) mass is 302 g/mol. The topological polar surface area (TPSA) is 54.0 Å². The third kappa shape index (κ3) is 3.49. The van der Waals surface area contributed by atoms with Gasteiger partial charge in [0.25, 0.3) is 0 Å². The number of para-hydroxylation sites is 2. The van der Waals surface area contributed by atoms with E-state index in [-0.39, 0.29) is 12.4 Å². The molecule has 0 bridgehead atoms. The molecule has 5 heteroatoms. The molecular formula is C17H18O5. The summed E-state index contributed by atoms with van der Waals surface area (Å²) in [5, 5.41) is 0. The quantitative estimate of drug-likeness (QED) is 0.736. The molecule has 2 rings (SSSR count). The summed E-state index contributed by atoms with van der Waals surface area (Å²) in [6.07, 6.45) is 0. The van der Waals surface area contributed by atoms with Gasteiger partial charge in [-0.3, -0.25) is 4.79 Å². The van der Waals surface area contributed by atoms with Gasteiger partial charge in [-0.2, -0.15) is 0 Å². The van der Waals surface area contributed by atoms with Crippen LogP contribution in [0, 0.1) is 0 Å². The number of methoxy groups -OCH3 is 3. The maximum atomic E-state index is 12.3. The Morgan fingerprint density at radius 2 is 1.55 bits per heavy atom. The minimum atomic E-state index is -0.189. The fourth-order valence-corrected chi connectivity index (χ4v) is 1.99. The molecule has 0 radical (unpaired) electrons. The van der Waals surface area contributed by atoms with Crippen LogP contribution in [-0.2, 0) is 0 Å². The van der Waals surface area contributed by atoms with Crippen molar-refractivity contribution in [3.05, 3.63) is 48.0 Å². The molecule has 2 aromatic rings. The van der Waals surface area contributed by atoms with Gasteiger partial charge in [0.15, 0.2) is 18.1 Å². The van der Waals surface area contributed by atoms with E-state index in [2.05, 4.69) is 0 Å². The Labute approximate surface area is 129 Å². The van der Waals surface area contributed by atoms with Crippen LogP contribution in [0.2, 0.25) is 0 Å². The average Bonchev–Trinajstić information content (AvgIpc) is 2.59. The molecular weight excluding hydrogens is 284 g/mol. The Balaban J connectivity index is 2.12. The van der Waals surface area contributed by atoms with Crippen LogP contribution >= 0.6 is 0 Å². The van der Waals surface area contributed by atoms with Crippen LogP contribution in [0.1, 0.15) is 10.4 Å². The second-order valence-electron chi connectivity index (χ2n) is 4.43. The first-order valence-electron chi connectivity index (χ1n) is 6.70. The van der Waals surface area contributed by atoms with Gasteiger partial charge in [-0.1, -0.05) is 12.1 Å². The molecule has 0 aromatic heterocycles. The van der Waals surface area contributed by atoms with Crippen LogP contribution in [0.4, 0.5) is 0 Å². The first kappa shape index (κ1) is 15.7. The number of rotatable bonds is 7. The number of Topliss-reactive ketones (excluding diaryl/α,β-unsaturated/α-hetero) is 1. The van der Waals surface area contributed by atoms with E-state index in [1.807, 2.05) is 12.1 Å². The summed E-state index contributed by atoms with van der Waals surface area (Å²) in [4.78, 5) is 12.3. The molecule has 0 saturated heterocycles. The number of hydrogen-bond donors (Lipinski definition) is 0. The summed E-state index contributed by atoms with van der Waals surface area (Å²) >= 11 is 0. The highest BCUT2D eigenvalue weighted by molar-refractivity contribution is 6.00. The van der Waals surface area contributed by atoms with Gasteiger partial charge in [0.2, 0.25) is 5.78 Å². The fourth-order valence-electron chi connectivity index (χ4n) is 1.99. The van der Waals surface area contributed by atoms with E-state index in [9.17, 15) is 4.79 Å². The molecule has 5 nitrogen and oxygen atoms in total. The number of ether oxygens (including phenoxy) is 4. The lowest BCUT2D eigenvalue weighted by atomic mass is 10.1.